The summed E-state index contributed by atoms with van der Waals surface area (Å²) in [5, 5.41) is 20.5. The molecule has 76 heavy (non-hydrogen) atoms. The molecule has 12 rings (SSSR count). The number of fused-ring (bicyclic) bond motifs is 4. The molecule has 0 amide bonds. The average molecular weight is 1030 g/mol. The molecule has 4 aromatic carbocycles. The molecule has 0 unspecified atom stereocenters. The summed E-state index contributed by atoms with van der Waals surface area (Å²) in [6.45, 7) is 21.3. The summed E-state index contributed by atoms with van der Waals surface area (Å²) in [6, 6.07) is 34.9. The van der Waals surface area contributed by atoms with E-state index in [1.807, 2.05) is 36.7 Å². The van der Waals surface area contributed by atoms with Gasteiger partial charge in [0, 0.05) is 121 Å². The van der Waals surface area contributed by atoms with Gasteiger partial charge in [-0.05, 0) is 152 Å². The van der Waals surface area contributed by atoms with Gasteiger partial charge in [-0.1, -0.05) is 62.4 Å². The molecule has 6 aromatic rings. The van der Waals surface area contributed by atoms with Gasteiger partial charge < -0.3 is 29.5 Å². The lowest BCUT2D eigenvalue weighted by molar-refractivity contribution is 0.145. The van der Waals surface area contributed by atoms with Gasteiger partial charge in [0.2, 0.25) is 0 Å². The molecule has 400 valence electrons. The third-order valence-corrected chi connectivity index (χ3v) is 17.3. The number of aromatic nitrogens is 2. The van der Waals surface area contributed by atoms with Crippen molar-refractivity contribution in [2.24, 2.45) is 0 Å². The van der Waals surface area contributed by atoms with E-state index in [1.165, 1.54) is 57.5 Å². The van der Waals surface area contributed by atoms with E-state index in [2.05, 4.69) is 116 Å². The maximum Gasteiger partial charge on any atom is 0.128 e. The fourth-order valence-corrected chi connectivity index (χ4v) is 12.8. The minimum atomic E-state index is 0.475. The number of ether oxygens (including phenoxy) is 2. The van der Waals surface area contributed by atoms with Crippen molar-refractivity contribution < 1.29 is 19.7 Å². The standard InChI is InChI=1S/2C32H40N4O2/c1-2-13-35(28-9-10-29-26(21-28)4-3-5-30(29)37)17-14-34-15-18-36(19-16-34)32-11-8-27(23-33-32)25-7-6-24-12-20-38-31(24)22-25;1-2-13-35(27-8-10-29-25(21-27)4-3-5-31(29)37)17-14-34-15-18-36(19-16-34)28-9-11-30(33-23-28)26-7-6-24-12-20-38-32(24)22-26/h3-8,11,22-23,28,37H,2,9-10,12-21H2,1H3;3-7,9,11,22-23,27,37H,2,8,10,12-21H2,1H3/t28-;27-/m00/s1. The van der Waals surface area contributed by atoms with Crippen molar-refractivity contribution in [1.82, 2.24) is 29.6 Å². The highest BCUT2D eigenvalue weighted by Crippen LogP contribution is 2.35. The van der Waals surface area contributed by atoms with Gasteiger partial charge in [0.05, 0.1) is 30.8 Å². The Morgan fingerprint density at radius 1 is 0.513 bits per heavy atom. The number of rotatable bonds is 16. The molecule has 2 atom stereocenters. The summed E-state index contributed by atoms with van der Waals surface area (Å²) in [5.74, 6) is 4.05. The first-order chi connectivity index (χ1) is 37.3. The summed E-state index contributed by atoms with van der Waals surface area (Å²) in [6.07, 6.45) is 14.8. The van der Waals surface area contributed by atoms with Crippen LogP contribution in [0.4, 0.5) is 11.5 Å². The Hall–Kier alpha value is -6.18. The molecule has 0 saturated carbocycles. The number of nitrogens with zero attached hydrogens (tertiary/aromatic N) is 8. The third kappa shape index (κ3) is 12.2. The van der Waals surface area contributed by atoms with E-state index in [0.717, 1.165) is 190 Å². The zero-order chi connectivity index (χ0) is 51.8. The van der Waals surface area contributed by atoms with Crippen LogP contribution in [0.3, 0.4) is 0 Å². The summed E-state index contributed by atoms with van der Waals surface area (Å²) in [5.41, 5.74) is 13.2. The molecule has 12 nitrogen and oxygen atoms in total. The molecule has 12 heteroatoms. The van der Waals surface area contributed by atoms with E-state index >= 15 is 0 Å². The Kier molecular flexibility index (Phi) is 16.7. The number of phenols is 2. The fourth-order valence-electron chi connectivity index (χ4n) is 12.8. The van der Waals surface area contributed by atoms with Crippen molar-refractivity contribution in [1.29, 1.82) is 0 Å². The Morgan fingerprint density at radius 3 is 1.58 bits per heavy atom. The predicted molar refractivity (Wildman–Crippen MR) is 307 cm³/mol. The van der Waals surface area contributed by atoms with Crippen molar-refractivity contribution in [3.8, 4) is 45.4 Å². The number of hydrogen-bond donors (Lipinski definition) is 2. The van der Waals surface area contributed by atoms with Crippen LogP contribution in [0.2, 0.25) is 0 Å². The van der Waals surface area contributed by atoms with Crippen LogP contribution >= 0.6 is 0 Å². The van der Waals surface area contributed by atoms with Gasteiger partial charge in [0.25, 0.3) is 0 Å². The second-order valence-corrected chi connectivity index (χ2v) is 22.0. The van der Waals surface area contributed by atoms with E-state index in [-0.39, 0.29) is 0 Å². The second-order valence-electron chi connectivity index (χ2n) is 22.0. The lowest BCUT2D eigenvalue weighted by Crippen LogP contribution is -2.50. The molecule has 0 bridgehead atoms. The summed E-state index contributed by atoms with van der Waals surface area (Å²) >= 11 is 0. The SMILES string of the molecule is CCCN(CCN1CCN(c2ccc(-c3ccc4c(c3)OCC4)cn2)CC1)[C@H]1CCc2c(O)cccc2C1.CCCN(CCN1CCN(c2ccc(-c3ccc4c(c3)OCC4)nc2)CC1)[C@H]1CCc2c(O)cccc2C1. The number of phenolic OH excluding ortho intramolecular Hbond substituents is 2. The zero-order valence-electron chi connectivity index (χ0n) is 45.2. The van der Waals surface area contributed by atoms with Gasteiger partial charge in [0.15, 0.2) is 0 Å². The van der Waals surface area contributed by atoms with Crippen LogP contribution in [0.15, 0.2) is 109 Å². The highest BCUT2D eigenvalue weighted by molar-refractivity contribution is 5.67. The first kappa shape index (κ1) is 51.9. The largest absolute Gasteiger partial charge is 0.508 e. The number of piperazine rings is 2. The molecule has 2 fully saturated rings. The quantitative estimate of drug-likeness (QED) is 0.0966. The fraction of sp³-hybridized carbons (Fsp3) is 0.469. The van der Waals surface area contributed by atoms with Crippen molar-refractivity contribution >= 4 is 11.5 Å². The zero-order valence-corrected chi connectivity index (χ0v) is 45.2. The van der Waals surface area contributed by atoms with Gasteiger partial charge in [-0.25, -0.2) is 4.98 Å². The lowest BCUT2D eigenvalue weighted by atomic mass is 9.87. The first-order valence-electron chi connectivity index (χ1n) is 28.8. The Bertz CT molecular complexity index is 2670. The molecule has 2 aromatic heterocycles. The molecule has 4 aliphatic heterocycles. The number of aromatic hydroxyl groups is 2. The number of anilines is 2. The van der Waals surface area contributed by atoms with Gasteiger partial charge in [0.1, 0.15) is 28.8 Å². The highest BCUT2D eigenvalue weighted by Gasteiger charge is 2.29. The molecule has 2 saturated heterocycles. The van der Waals surface area contributed by atoms with Crippen molar-refractivity contribution in [2.75, 3.05) is 115 Å². The minimum absolute atomic E-state index is 0.475. The van der Waals surface area contributed by atoms with Crippen LogP contribution in [0, 0.1) is 0 Å². The number of benzene rings is 4. The monoisotopic (exact) mass is 1020 g/mol. The summed E-state index contributed by atoms with van der Waals surface area (Å²) in [7, 11) is 0. The first-order valence-corrected chi connectivity index (χ1v) is 28.8. The van der Waals surface area contributed by atoms with Crippen LogP contribution in [0.1, 0.15) is 72.9 Å². The van der Waals surface area contributed by atoms with Crippen LogP contribution < -0.4 is 19.3 Å². The van der Waals surface area contributed by atoms with Crippen molar-refractivity contribution in [2.45, 2.75) is 90.1 Å². The Labute approximate surface area is 451 Å². The molecule has 2 aliphatic carbocycles. The smallest absolute Gasteiger partial charge is 0.128 e. The van der Waals surface area contributed by atoms with Crippen LogP contribution in [-0.2, 0) is 38.5 Å². The van der Waals surface area contributed by atoms with Gasteiger partial charge >= 0.3 is 0 Å². The molecule has 0 radical (unpaired) electrons. The number of pyridine rings is 2. The maximum absolute atomic E-state index is 10.2. The predicted octanol–water partition coefficient (Wildman–Crippen LogP) is 9.56. The van der Waals surface area contributed by atoms with E-state index in [0.29, 0.717) is 23.6 Å². The normalized spacial score (nSPS) is 19.3. The lowest BCUT2D eigenvalue weighted by Gasteiger charge is -2.39. The van der Waals surface area contributed by atoms with Crippen LogP contribution in [0.5, 0.6) is 23.0 Å². The molecule has 6 aliphatic rings. The molecular formula is C64H80N8O4. The van der Waals surface area contributed by atoms with Gasteiger partial charge in [-0.15, -0.1) is 0 Å². The Balaban J connectivity index is 0.000000162. The van der Waals surface area contributed by atoms with Gasteiger partial charge in [-0.2, -0.15) is 0 Å². The van der Waals surface area contributed by atoms with E-state index < -0.39 is 0 Å². The number of hydrogen-bond acceptors (Lipinski definition) is 12. The van der Waals surface area contributed by atoms with Crippen LogP contribution in [-0.4, -0.2) is 157 Å². The third-order valence-electron chi connectivity index (χ3n) is 17.3. The van der Waals surface area contributed by atoms with E-state index in [9.17, 15) is 10.2 Å². The van der Waals surface area contributed by atoms with E-state index in [4.69, 9.17) is 19.4 Å². The Morgan fingerprint density at radius 2 is 1.05 bits per heavy atom. The van der Waals surface area contributed by atoms with E-state index in [1.54, 1.807) is 0 Å². The summed E-state index contributed by atoms with van der Waals surface area (Å²) in [4.78, 5) is 25.1. The van der Waals surface area contributed by atoms with Crippen molar-refractivity contribution in [3.05, 3.63) is 143 Å². The highest BCUT2D eigenvalue weighted by atomic mass is 16.5. The molecule has 2 N–H and O–H groups in total. The molecule has 6 heterocycles. The summed E-state index contributed by atoms with van der Waals surface area (Å²) < 4.78 is 11.5. The topological polar surface area (TPSA) is 104 Å². The molecular weight excluding hydrogens is 945 g/mol. The van der Waals surface area contributed by atoms with Crippen LogP contribution in [0.25, 0.3) is 22.4 Å². The maximum atomic E-state index is 10.2. The minimum Gasteiger partial charge on any atom is -0.508 e. The average Bonchev–Trinajstić information content (AvgIpc) is 4.16. The van der Waals surface area contributed by atoms with Crippen molar-refractivity contribution in [3.63, 3.8) is 0 Å². The molecule has 0 spiro atoms. The van der Waals surface area contributed by atoms with Gasteiger partial charge in [-0.3, -0.25) is 24.6 Å². The second kappa shape index (κ2) is 24.4.